The van der Waals surface area contributed by atoms with Crippen molar-refractivity contribution in [3.63, 3.8) is 0 Å². The van der Waals surface area contributed by atoms with E-state index >= 15 is 0 Å². The molecule has 2 aliphatic rings. The molecule has 0 aromatic heterocycles. The van der Waals surface area contributed by atoms with Gasteiger partial charge in [0.05, 0.1) is 11.3 Å². The molecular formula is C17H16F3NO3. The van der Waals surface area contributed by atoms with Crippen molar-refractivity contribution in [1.82, 2.24) is 0 Å². The average molecular weight is 339 g/mol. The van der Waals surface area contributed by atoms with E-state index in [0.29, 0.717) is 31.4 Å². The Bertz CT molecular complexity index is 678. The van der Waals surface area contributed by atoms with Gasteiger partial charge < -0.3 is 14.7 Å². The second-order valence-corrected chi connectivity index (χ2v) is 5.94. The highest BCUT2D eigenvalue weighted by molar-refractivity contribution is 5.90. The van der Waals surface area contributed by atoms with E-state index in [0.717, 1.165) is 17.7 Å². The fraction of sp³-hybridized carbons (Fsp3) is 0.471. The number of oxime groups is 1. The predicted molar refractivity (Wildman–Crippen MR) is 79.5 cm³/mol. The number of benzene rings is 1. The molecule has 2 heterocycles. The lowest BCUT2D eigenvalue weighted by atomic mass is 9.95. The minimum Gasteiger partial charge on any atom is -0.411 e. The third kappa shape index (κ3) is 3.12. The van der Waals surface area contributed by atoms with E-state index in [9.17, 15) is 13.2 Å². The predicted octanol–water partition coefficient (Wildman–Crippen LogP) is 3.38. The summed E-state index contributed by atoms with van der Waals surface area (Å²) in [6, 6.07) is 5.03. The maximum absolute atomic E-state index is 12.6. The van der Waals surface area contributed by atoms with Gasteiger partial charge in [0.25, 0.3) is 0 Å². The first-order chi connectivity index (χ1) is 11.4. The number of halogens is 3. The minimum absolute atomic E-state index is 0.459. The van der Waals surface area contributed by atoms with Crippen LogP contribution in [0.1, 0.15) is 30.4 Å². The second-order valence-electron chi connectivity index (χ2n) is 5.94. The van der Waals surface area contributed by atoms with Crippen LogP contribution in [0.4, 0.5) is 13.2 Å². The standard InChI is InChI=1S/C17H16F3NO3/c1-2-14-15-13(21-22)8-10-16(23-14,24-15)9-7-11-3-5-12(6-4-11)17(18,19)20/h1,3-6,14-15,22H,7-10H2/b21-13+/t14-,15+,16+/m1/s1. The highest BCUT2D eigenvalue weighted by Crippen LogP contribution is 2.41. The van der Waals surface area contributed by atoms with Crippen LogP contribution < -0.4 is 0 Å². The topological polar surface area (TPSA) is 51.0 Å². The highest BCUT2D eigenvalue weighted by atomic mass is 19.4. The third-order valence-corrected chi connectivity index (χ3v) is 4.42. The van der Waals surface area contributed by atoms with Crippen molar-refractivity contribution in [2.24, 2.45) is 5.16 Å². The van der Waals surface area contributed by atoms with Crippen LogP contribution in [0.3, 0.4) is 0 Å². The van der Waals surface area contributed by atoms with Gasteiger partial charge in [-0.05, 0) is 30.5 Å². The molecule has 0 aliphatic carbocycles. The molecule has 7 heteroatoms. The molecule has 3 rings (SSSR count). The van der Waals surface area contributed by atoms with E-state index in [1.807, 2.05) is 0 Å². The number of hydrogen-bond donors (Lipinski definition) is 1. The van der Waals surface area contributed by atoms with Crippen LogP contribution in [0, 0.1) is 12.3 Å². The Labute approximate surface area is 137 Å². The molecule has 1 aromatic carbocycles. The maximum Gasteiger partial charge on any atom is 0.416 e. The second kappa shape index (κ2) is 6.11. The van der Waals surface area contributed by atoms with Gasteiger partial charge in [-0.2, -0.15) is 13.2 Å². The summed E-state index contributed by atoms with van der Waals surface area (Å²) in [5.74, 6) is 1.61. The van der Waals surface area contributed by atoms with E-state index in [4.69, 9.17) is 21.1 Å². The molecule has 4 nitrogen and oxygen atoms in total. The monoisotopic (exact) mass is 339 g/mol. The summed E-state index contributed by atoms with van der Waals surface area (Å²) in [7, 11) is 0. The van der Waals surface area contributed by atoms with Crippen molar-refractivity contribution in [3.05, 3.63) is 35.4 Å². The molecule has 0 amide bonds. The van der Waals surface area contributed by atoms with E-state index < -0.39 is 29.7 Å². The van der Waals surface area contributed by atoms with E-state index in [2.05, 4.69) is 11.1 Å². The van der Waals surface area contributed by atoms with Gasteiger partial charge in [-0.25, -0.2) is 0 Å². The number of aryl methyl sites for hydroxylation is 1. The maximum atomic E-state index is 12.6. The van der Waals surface area contributed by atoms with Gasteiger partial charge in [0.2, 0.25) is 0 Å². The van der Waals surface area contributed by atoms with E-state index in [1.54, 1.807) is 0 Å². The summed E-state index contributed by atoms with van der Waals surface area (Å²) in [6.45, 7) is 0. The lowest BCUT2D eigenvalue weighted by Gasteiger charge is -2.31. The average Bonchev–Trinajstić information content (AvgIpc) is 2.86. The molecule has 3 atom stereocenters. The molecular weight excluding hydrogens is 323 g/mol. The Morgan fingerprint density at radius 1 is 1.29 bits per heavy atom. The summed E-state index contributed by atoms with van der Waals surface area (Å²) >= 11 is 0. The molecule has 1 aromatic rings. The number of ether oxygens (including phenoxy) is 2. The van der Waals surface area contributed by atoms with Gasteiger partial charge in [0.15, 0.2) is 11.9 Å². The smallest absolute Gasteiger partial charge is 0.411 e. The molecule has 2 saturated heterocycles. The Morgan fingerprint density at radius 2 is 2.00 bits per heavy atom. The van der Waals surface area contributed by atoms with Crippen molar-refractivity contribution < 1.29 is 27.9 Å². The first-order valence-electron chi connectivity index (χ1n) is 7.56. The lowest BCUT2D eigenvalue weighted by Crippen LogP contribution is -2.39. The van der Waals surface area contributed by atoms with Crippen LogP contribution in [0.5, 0.6) is 0 Å². The van der Waals surface area contributed by atoms with Crippen molar-refractivity contribution >= 4 is 5.71 Å². The lowest BCUT2D eigenvalue weighted by molar-refractivity contribution is -0.180. The zero-order valence-electron chi connectivity index (χ0n) is 12.7. The Balaban J connectivity index is 1.68. The van der Waals surface area contributed by atoms with Crippen LogP contribution in [0.25, 0.3) is 0 Å². The zero-order chi connectivity index (χ0) is 17.4. The van der Waals surface area contributed by atoms with Crippen LogP contribution >= 0.6 is 0 Å². The summed E-state index contributed by atoms with van der Waals surface area (Å²) in [5, 5.41) is 12.2. The largest absolute Gasteiger partial charge is 0.416 e. The molecule has 2 fully saturated rings. The first kappa shape index (κ1) is 16.8. The first-order valence-corrected chi connectivity index (χ1v) is 7.56. The third-order valence-electron chi connectivity index (χ3n) is 4.42. The summed E-state index contributed by atoms with van der Waals surface area (Å²) in [4.78, 5) is 0. The Morgan fingerprint density at radius 3 is 2.58 bits per heavy atom. The Kier molecular flexibility index (Phi) is 4.28. The molecule has 2 bridgehead atoms. The van der Waals surface area contributed by atoms with Gasteiger partial charge in [0.1, 0.15) is 6.10 Å². The van der Waals surface area contributed by atoms with Gasteiger partial charge >= 0.3 is 6.18 Å². The molecule has 2 aliphatic heterocycles. The van der Waals surface area contributed by atoms with Crippen molar-refractivity contribution in [3.8, 4) is 12.3 Å². The number of terminal acetylenes is 1. The number of alkyl halides is 3. The summed E-state index contributed by atoms with van der Waals surface area (Å²) < 4.78 is 49.4. The van der Waals surface area contributed by atoms with Crippen LogP contribution in [-0.2, 0) is 22.1 Å². The fourth-order valence-corrected chi connectivity index (χ4v) is 3.10. The molecule has 1 N–H and O–H groups in total. The normalized spacial score (nSPS) is 31.2. The fourth-order valence-electron chi connectivity index (χ4n) is 3.10. The minimum atomic E-state index is -4.34. The van der Waals surface area contributed by atoms with Gasteiger partial charge in [0, 0.05) is 12.8 Å². The number of rotatable bonds is 3. The van der Waals surface area contributed by atoms with Crippen LogP contribution in [0.2, 0.25) is 0 Å². The van der Waals surface area contributed by atoms with Crippen LogP contribution in [0.15, 0.2) is 29.4 Å². The van der Waals surface area contributed by atoms with Crippen molar-refractivity contribution in [2.45, 2.75) is 49.9 Å². The molecule has 24 heavy (non-hydrogen) atoms. The van der Waals surface area contributed by atoms with Crippen molar-refractivity contribution in [1.29, 1.82) is 0 Å². The number of fused-ring (bicyclic) bond motifs is 2. The van der Waals surface area contributed by atoms with E-state index in [1.165, 1.54) is 12.1 Å². The van der Waals surface area contributed by atoms with Gasteiger partial charge in [-0.1, -0.05) is 23.2 Å². The molecule has 0 saturated carbocycles. The van der Waals surface area contributed by atoms with Gasteiger partial charge in [-0.15, -0.1) is 6.42 Å². The summed E-state index contributed by atoms with van der Waals surface area (Å²) in [6.07, 6.45) is 1.85. The van der Waals surface area contributed by atoms with E-state index in [-0.39, 0.29) is 0 Å². The molecule has 0 unspecified atom stereocenters. The molecule has 0 radical (unpaired) electrons. The molecule has 0 spiro atoms. The van der Waals surface area contributed by atoms with Crippen molar-refractivity contribution in [2.75, 3.05) is 0 Å². The highest BCUT2D eigenvalue weighted by Gasteiger charge is 2.52. The Hall–Kier alpha value is -2.04. The molecule has 128 valence electrons. The van der Waals surface area contributed by atoms with Crippen LogP contribution in [-0.4, -0.2) is 28.9 Å². The zero-order valence-corrected chi connectivity index (χ0v) is 12.7. The SMILES string of the molecule is C#C[C@H]1O[C@]2(CCc3ccc(C(F)(F)F)cc3)CC/C(=N\O)[C@@H]1O2. The quantitative estimate of drug-likeness (QED) is 0.522. The summed E-state index contributed by atoms with van der Waals surface area (Å²) in [5.41, 5.74) is 0.541. The number of hydrogen-bond acceptors (Lipinski definition) is 4. The number of nitrogens with zero attached hydrogens (tertiary/aromatic N) is 1. The van der Waals surface area contributed by atoms with Gasteiger partial charge in [-0.3, -0.25) is 0 Å².